The first-order chi connectivity index (χ1) is 9.06. The van der Waals surface area contributed by atoms with Crippen molar-refractivity contribution in [2.45, 2.75) is 26.4 Å². The number of thiocarbonyl (C=S) groups is 1. The summed E-state index contributed by atoms with van der Waals surface area (Å²) >= 11 is 6.62. The van der Waals surface area contributed by atoms with Gasteiger partial charge in [0.05, 0.1) is 12.1 Å². The topological polar surface area (TPSA) is 50.4 Å². The van der Waals surface area contributed by atoms with Crippen LogP contribution in [0.2, 0.25) is 0 Å². The molecule has 4 nitrogen and oxygen atoms in total. The van der Waals surface area contributed by atoms with Gasteiger partial charge in [0.2, 0.25) is 0 Å². The van der Waals surface area contributed by atoms with Crippen molar-refractivity contribution in [2.75, 3.05) is 6.54 Å². The van der Waals surface area contributed by atoms with E-state index in [-0.39, 0.29) is 12.1 Å². The molecule has 1 aromatic rings. The standard InChI is InChI=1S/C13H16N2O2S2/c1-8(5-10-3-4-19-7-10)17-12(16)11-6-14-13(18)15-9(11)2/h3-4,7-8H,5-6H2,1-2H3,(H2,14,15,18). The van der Waals surface area contributed by atoms with Crippen LogP contribution in [0.3, 0.4) is 0 Å². The Balaban J connectivity index is 1.93. The molecule has 0 radical (unpaired) electrons. The van der Waals surface area contributed by atoms with Crippen LogP contribution >= 0.6 is 23.6 Å². The van der Waals surface area contributed by atoms with Gasteiger partial charge in [-0.05, 0) is 48.5 Å². The molecule has 102 valence electrons. The fraction of sp³-hybridized carbons (Fsp3) is 0.385. The van der Waals surface area contributed by atoms with E-state index >= 15 is 0 Å². The van der Waals surface area contributed by atoms with Gasteiger partial charge < -0.3 is 15.4 Å². The monoisotopic (exact) mass is 296 g/mol. The lowest BCUT2D eigenvalue weighted by Gasteiger charge is -2.22. The summed E-state index contributed by atoms with van der Waals surface area (Å²) in [5.74, 6) is -0.289. The SMILES string of the molecule is CC1=C(C(=O)OC(C)Cc2ccsc2)CNC(=S)N1. The molecule has 0 aromatic carbocycles. The van der Waals surface area contributed by atoms with Gasteiger partial charge in [0.1, 0.15) is 6.10 Å². The molecule has 2 rings (SSSR count). The Morgan fingerprint density at radius 2 is 2.42 bits per heavy atom. The van der Waals surface area contributed by atoms with Crippen molar-refractivity contribution >= 4 is 34.6 Å². The molecular weight excluding hydrogens is 280 g/mol. The number of nitrogens with one attached hydrogen (secondary N) is 2. The number of hydrogen-bond acceptors (Lipinski definition) is 4. The molecule has 0 spiro atoms. The Morgan fingerprint density at radius 3 is 3.05 bits per heavy atom. The lowest BCUT2D eigenvalue weighted by atomic mass is 10.1. The van der Waals surface area contributed by atoms with E-state index in [9.17, 15) is 4.79 Å². The summed E-state index contributed by atoms with van der Waals surface area (Å²) in [6.07, 6.45) is 0.595. The molecule has 1 aliphatic heterocycles. The maximum atomic E-state index is 12.1. The van der Waals surface area contributed by atoms with Crippen LogP contribution in [0.4, 0.5) is 0 Å². The first-order valence-corrected chi connectivity index (χ1v) is 7.38. The molecule has 1 aliphatic rings. The smallest absolute Gasteiger partial charge is 0.337 e. The highest BCUT2D eigenvalue weighted by Gasteiger charge is 2.21. The molecule has 0 saturated carbocycles. The summed E-state index contributed by atoms with van der Waals surface area (Å²) in [5, 5.41) is 10.5. The van der Waals surface area contributed by atoms with Gasteiger partial charge in [0.15, 0.2) is 5.11 Å². The second kappa shape index (κ2) is 6.16. The number of carbonyl (C=O) groups is 1. The summed E-state index contributed by atoms with van der Waals surface area (Å²) in [7, 11) is 0. The third-order valence-corrected chi connectivity index (χ3v) is 3.82. The highest BCUT2D eigenvalue weighted by atomic mass is 32.1. The highest BCUT2D eigenvalue weighted by Crippen LogP contribution is 2.13. The number of allylic oxidation sites excluding steroid dienone is 1. The van der Waals surface area contributed by atoms with Crippen LogP contribution in [-0.2, 0) is 16.0 Å². The average Bonchev–Trinajstić information content (AvgIpc) is 2.81. The van der Waals surface area contributed by atoms with Crippen molar-refractivity contribution < 1.29 is 9.53 Å². The van der Waals surface area contributed by atoms with Crippen molar-refractivity contribution in [1.29, 1.82) is 0 Å². The molecule has 1 aromatic heterocycles. The zero-order valence-electron chi connectivity index (χ0n) is 10.9. The van der Waals surface area contributed by atoms with Gasteiger partial charge in [-0.15, -0.1) is 0 Å². The zero-order chi connectivity index (χ0) is 13.8. The van der Waals surface area contributed by atoms with E-state index in [1.807, 2.05) is 25.3 Å². The summed E-state index contributed by atoms with van der Waals surface area (Å²) in [5.41, 5.74) is 2.55. The highest BCUT2D eigenvalue weighted by molar-refractivity contribution is 7.80. The lowest BCUT2D eigenvalue weighted by molar-refractivity contribution is -0.143. The minimum atomic E-state index is -0.289. The predicted molar refractivity (Wildman–Crippen MR) is 80.0 cm³/mol. The average molecular weight is 296 g/mol. The maximum Gasteiger partial charge on any atom is 0.337 e. The van der Waals surface area contributed by atoms with Crippen LogP contribution in [0, 0.1) is 0 Å². The summed E-state index contributed by atoms with van der Waals surface area (Å²) < 4.78 is 5.45. The minimum absolute atomic E-state index is 0.142. The van der Waals surface area contributed by atoms with Crippen molar-refractivity contribution in [1.82, 2.24) is 10.6 Å². The van der Waals surface area contributed by atoms with E-state index in [4.69, 9.17) is 17.0 Å². The molecule has 2 N–H and O–H groups in total. The minimum Gasteiger partial charge on any atom is -0.459 e. The second-order valence-corrected chi connectivity index (χ2v) is 5.65. The molecule has 6 heteroatoms. The molecule has 0 amide bonds. The number of rotatable bonds is 4. The van der Waals surface area contributed by atoms with E-state index in [0.717, 1.165) is 12.1 Å². The normalized spacial score (nSPS) is 16.6. The first kappa shape index (κ1) is 14.0. The van der Waals surface area contributed by atoms with Gasteiger partial charge in [-0.3, -0.25) is 0 Å². The van der Waals surface area contributed by atoms with Gasteiger partial charge >= 0.3 is 5.97 Å². The fourth-order valence-electron chi connectivity index (χ4n) is 1.85. The molecular formula is C13H16N2O2S2. The van der Waals surface area contributed by atoms with E-state index in [0.29, 0.717) is 17.2 Å². The molecule has 19 heavy (non-hydrogen) atoms. The number of hydrogen-bond donors (Lipinski definition) is 2. The summed E-state index contributed by atoms with van der Waals surface area (Å²) in [6, 6.07) is 2.04. The number of thiophene rings is 1. The van der Waals surface area contributed by atoms with Crippen LogP contribution in [0.1, 0.15) is 19.4 Å². The van der Waals surface area contributed by atoms with Gasteiger partial charge in [0.25, 0.3) is 0 Å². The van der Waals surface area contributed by atoms with E-state index in [1.54, 1.807) is 11.3 Å². The third-order valence-electron chi connectivity index (χ3n) is 2.84. The zero-order valence-corrected chi connectivity index (χ0v) is 12.5. The van der Waals surface area contributed by atoms with Crippen LogP contribution in [0.5, 0.6) is 0 Å². The molecule has 1 unspecified atom stereocenters. The predicted octanol–water partition coefficient (Wildman–Crippen LogP) is 1.97. The van der Waals surface area contributed by atoms with Crippen LogP contribution in [-0.4, -0.2) is 23.7 Å². The van der Waals surface area contributed by atoms with Crippen LogP contribution in [0.25, 0.3) is 0 Å². The maximum absolute atomic E-state index is 12.1. The van der Waals surface area contributed by atoms with Crippen molar-refractivity contribution in [3.8, 4) is 0 Å². The molecule has 2 heterocycles. The lowest BCUT2D eigenvalue weighted by Crippen LogP contribution is -2.43. The fourth-order valence-corrected chi connectivity index (χ4v) is 2.76. The van der Waals surface area contributed by atoms with Gasteiger partial charge in [-0.25, -0.2) is 4.79 Å². The van der Waals surface area contributed by atoms with E-state index in [1.165, 1.54) is 5.56 Å². The number of esters is 1. The van der Waals surface area contributed by atoms with Crippen molar-refractivity contribution in [3.05, 3.63) is 33.7 Å². The van der Waals surface area contributed by atoms with Gasteiger partial charge in [0, 0.05) is 12.1 Å². The molecule has 0 bridgehead atoms. The van der Waals surface area contributed by atoms with E-state index < -0.39 is 0 Å². The number of carbonyl (C=O) groups excluding carboxylic acids is 1. The Hall–Kier alpha value is -1.40. The van der Waals surface area contributed by atoms with Gasteiger partial charge in [-0.1, -0.05) is 0 Å². The summed E-state index contributed by atoms with van der Waals surface area (Å²) in [4.78, 5) is 12.1. The summed E-state index contributed by atoms with van der Waals surface area (Å²) in [6.45, 7) is 4.15. The number of ether oxygens (including phenoxy) is 1. The van der Waals surface area contributed by atoms with Crippen molar-refractivity contribution in [3.63, 3.8) is 0 Å². The Labute approximate surface area is 121 Å². The molecule has 1 atom stereocenters. The largest absolute Gasteiger partial charge is 0.459 e. The third kappa shape index (κ3) is 3.78. The van der Waals surface area contributed by atoms with Gasteiger partial charge in [-0.2, -0.15) is 11.3 Å². The van der Waals surface area contributed by atoms with E-state index in [2.05, 4.69) is 16.0 Å². The van der Waals surface area contributed by atoms with Crippen molar-refractivity contribution in [2.24, 2.45) is 0 Å². The second-order valence-electron chi connectivity index (χ2n) is 4.46. The quantitative estimate of drug-likeness (QED) is 0.657. The Bertz CT molecular complexity index is 509. The molecule has 0 fully saturated rings. The molecule has 0 saturated heterocycles. The van der Waals surface area contributed by atoms with Crippen LogP contribution < -0.4 is 10.6 Å². The Morgan fingerprint density at radius 1 is 1.63 bits per heavy atom. The van der Waals surface area contributed by atoms with Crippen LogP contribution in [0.15, 0.2) is 28.1 Å². The molecule has 0 aliphatic carbocycles. The Kier molecular flexibility index (Phi) is 4.55. The first-order valence-electron chi connectivity index (χ1n) is 6.03.